The fourth-order valence-electron chi connectivity index (χ4n) is 4.66. The van der Waals surface area contributed by atoms with Crippen LogP contribution in [0.3, 0.4) is 0 Å². The van der Waals surface area contributed by atoms with E-state index in [2.05, 4.69) is 26.9 Å². The maximum atomic E-state index is 12.9. The van der Waals surface area contributed by atoms with Gasteiger partial charge in [-0.25, -0.2) is 19.4 Å². The number of hydrogen-bond acceptors (Lipinski definition) is 7. The second-order valence-electron chi connectivity index (χ2n) is 8.86. The molecule has 0 atom stereocenters. The SMILES string of the molecule is Cc1nc(-n2cncn2)ccc1CC(=O)N1CCN(CCc2ccc3c(c2C)COC3=O)CC1. The molecule has 0 radical (unpaired) electrons. The molecule has 2 aliphatic rings. The molecule has 1 amide bonds. The molecular formula is C25H28N6O3. The van der Waals surface area contributed by atoms with Gasteiger partial charge < -0.3 is 9.64 Å². The first kappa shape index (κ1) is 22.2. The average Bonchev–Trinajstić information content (AvgIpc) is 3.51. The zero-order chi connectivity index (χ0) is 23.7. The van der Waals surface area contributed by atoms with Crippen LogP contribution in [0.2, 0.25) is 0 Å². The van der Waals surface area contributed by atoms with Crippen molar-refractivity contribution in [3.63, 3.8) is 0 Å². The van der Waals surface area contributed by atoms with Gasteiger partial charge in [-0.2, -0.15) is 5.10 Å². The largest absolute Gasteiger partial charge is 0.457 e. The minimum Gasteiger partial charge on any atom is -0.457 e. The summed E-state index contributed by atoms with van der Waals surface area (Å²) in [5, 5.41) is 4.10. The molecule has 0 saturated carbocycles. The van der Waals surface area contributed by atoms with Gasteiger partial charge in [0, 0.05) is 44.0 Å². The van der Waals surface area contributed by atoms with Crippen molar-refractivity contribution in [2.24, 2.45) is 0 Å². The lowest BCUT2D eigenvalue weighted by molar-refractivity contribution is -0.132. The Kier molecular flexibility index (Phi) is 6.10. The third-order valence-corrected chi connectivity index (χ3v) is 6.88. The minimum absolute atomic E-state index is 0.136. The smallest absolute Gasteiger partial charge is 0.338 e. The van der Waals surface area contributed by atoms with E-state index < -0.39 is 0 Å². The molecule has 1 fully saturated rings. The van der Waals surface area contributed by atoms with E-state index >= 15 is 0 Å². The van der Waals surface area contributed by atoms with Crippen LogP contribution in [0.4, 0.5) is 0 Å². The molecule has 0 bridgehead atoms. The van der Waals surface area contributed by atoms with E-state index in [0.717, 1.165) is 61.5 Å². The third-order valence-electron chi connectivity index (χ3n) is 6.88. The number of ether oxygens (including phenoxy) is 1. The van der Waals surface area contributed by atoms with E-state index in [4.69, 9.17) is 4.74 Å². The van der Waals surface area contributed by atoms with E-state index in [1.54, 1.807) is 11.0 Å². The molecule has 3 aromatic rings. The van der Waals surface area contributed by atoms with Crippen LogP contribution < -0.4 is 0 Å². The van der Waals surface area contributed by atoms with Crippen LogP contribution in [-0.2, 0) is 29.0 Å². The second kappa shape index (κ2) is 9.34. The van der Waals surface area contributed by atoms with E-state index in [0.29, 0.717) is 24.4 Å². The molecule has 0 aliphatic carbocycles. The van der Waals surface area contributed by atoms with Crippen LogP contribution >= 0.6 is 0 Å². The number of piperazine rings is 1. The van der Waals surface area contributed by atoms with Gasteiger partial charge in [-0.3, -0.25) is 9.69 Å². The van der Waals surface area contributed by atoms with Gasteiger partial charge in [0.25, 0.3) is 0 Å². The van der Waals surface area contributed by atoms with Crippen molar-refractivity contribution in [1.82, 2.24) is 29.5 Å². The first-order valence-corrected chi connectivity index (χ1v) is 11.6. The monoisotopic (exact) mass is 460 g/mol. The summed E-state index contributed by atoms with van der Waals surface area (Å²) in [6.07, 6.45) is 4.35. The number of esters is 1. The third kappa shape index (κ3) is 4.43. The number of fused-ring (bicyclic) bond motifs is 1. The molecule has 9 heteroatoms. The molecule has 0 N–H and O–H groups in total. The highest BCUT2D eigenvalue weighted by molar-refractivity contribution is 5.93. The molecule has 4 heterocycles. The average molecular weight is 461 g/mol. The Hall–Kier alpha value is -3.59. The lowest BCUT2D eigenvalue weighted by Crippen LogP contribution is -2.49. The van der Waals surface area contributed by atoms with Crippen LogP contribution in [0.25, 0.3) is 5.82 Å². The van der Waals surface area contributed by atoms with Crippen LogP contribution in [0.15, 0.2) is 36.9 Å². The van der Waals surface area contributed by atoms with Crippen molar-refractivity contribution in [2.75, 3.05) is 32.7 Å². The van der Waals surface area contributed by atoms with Gasteiger partial charge in [0.15, 0.2) is 5.82 Å². The van der Waals surface area contributed by atoms with Crippen LogP contribution in [0, 0.1) is 13.8 Å². The second-order valence-corrected chi connectivity index (χ2v) is 8.86. The number of carbonyl (C=O) groups excluding carboxylic acids is 2. The van der Waals surface area contributed by atoms with Gasteiger partial charge in [-0.15, -0.1) is 0 Å². The molecule has 0 unspecified atom stereocenters. The number of benzene rings is 1. The van der Waals surface area contributed by atoms with Crippen LogP contribution in [-0.4, -0.2) is 74.1 Å². The van der Waals surface area contributed by atoms with E-state index in [1.807, 2.05) is 36.1 Å². The standard InChI is InChI=1S/C25H28N6O3/c1-17-19(3-5-21-22(17)14-34-25(21)33)7-8-29-9-11-30(12-10-29)24(32)13-20-4-6-23(28-18(20)2)31-16-26-15-27-31/h3-6,15-16H,7-14H2,1-2H3. The van der Waals surface area contributed by atoms with Crippen molar-refractivity contribution in [2.45, 2.75) is 33.3 Å². The molecule has 34 heavy (non-hydrogen) atoms. The number of amides is 1. The zero-order valence-corrected chi connectivity index (χ0v) is 19.5. The number of carbonyl (C=O) groups is 2. The summed E-state index contributed by atoms with van der Waals surface area (Å²) in [7, 11) is 0. The van der Waals surface area contributed by atoms with Gasteiger partial charge >= 0.3 is 5.97 Å². The van der Waals surface area contributed by atoms with Crippen molar-refractivity contribution in [3.8, 4) is 5.82 Å². The fourth-order valence-corrected chi connectivity index (χ4v) is 4.66. The molecule has 176 valence electrons. The van der Waals surface area contributed by atoms with Gasteiger partial charge in [0.05, 0.1) is 12.0 Å². The van der Waals surface area contributed by atoms with Crippen molar-refractivity contribution >= 4 is 11.9 Å². The first-order chi connectivity index (χ1) is 16.5. The maximum absolute atomic E-state index is 12.9. The highest BCUT2D eigenvalue weighted by Crippen LogP contribution is 2.26. The Labute approximate surface area is 198 Å². The van der Waals surface area contributed by atoms with Crippen molar-refractivity contribution < 1.29 is 14.3 Å². The molecule has 5 rings (SSSR count). The van der Waals surface area contributed by atoms with Crippen molar-refractivity contribution in [3.05, 3.63) is 70.4 Å². The van der Waals surface area contributed by atoms with Gasteiger partial charge in [0.2, 0.25) is 5.91 Å². The van der Waals surface area contributed by atoms with Gasteiger partial charge in [-0.05, 0) is 49.1 Å². The Bertz CT molecular complexity index is 1220. The summed E-state index contributed by atoms with van der Waals surface area (Å²) >= 11 is 0. The van der Waals surface area contributed by atoms with E-state index in [-0.39, 0.29) is 11.9 Å². The lowest BCUT2D eigenvalue weighted by atomic mass is 9.96. The number of rotatable bonds is 6. The molecule has 2 aromatic heterocycles. The first-order valence-electron chi connectivity index (χ1n) is 11.6. The van der Waals surface area contributed by atoms with E-state index in [9.17, 15) is 9.59 Å². The van der Waals surface area contributed by atoms with E-state index in [1.165, 1.54) is 11.9 Å². The summed E-state index contributed by atoms with van der Waals surface area (Å²) in [4.78, 5) is 37.5. The summed E-state index contributed by atoms with van der Waals surface area (Å²) in [6.45, 7) is 8.49. The van der Waals surface area contributed by atoms with Gasteiger partial charge in [0.1, 0.15) is 19.3 Å². The zero-order valence-electron chi connectivity index (χ0n) is 19.5. The molecular weight excluding hydrogens is 432 g/mol. The number of aromatic nitrogens is 4. The summed E-state index contributed by atoms with van der Waals surface area (Å²) in [5.74, 6) is 0.609. The number of pyridine rings is 1. The Balaban J connectivity index is 1.12. The predicted molar refractivity (Wildman–Crippen MR) is 125 cm³/mol. The van der Waals surface area contributed by atoms with Crippen LogP contribution in [0.5, 0.6) is 0 Å². The Morgan fingerprint density at radius 1 is 1.06 bits per heavy atom. The van der Waals surface area contributed by atoms with Crippen LogP contribution in [0.1, 0.15) is 38.3 Å². The number of nitrogens with zero attached hydrogens (tertiary/aromatic N) is 6. The molecule has 2 aliphatic heterocycles. The summed E-state index contributed by atoms with van der Waals surface area (Å²) in [5.41, 5.74) is 5.91. The van der Waals surface area contributed by atoms with Gasteiger partial charge in [-0.1, -0.05) is 12.1 Å². The molecule has 9 nitrogen and oxygen atoms in total. The highest BCUT2D eigenvalue weighted by atomic mass is 16.5. The number of aryl methyl sites for hydroxylation is 1. The Morgan fingerprint density at radius 3 is 2.59 bits per heavy atom. The summed E-state index contributed by atoms with van der Waals surface area (Å²) in [6, 6.07) is 7.75. The number of cyclic esters (lactones) is 1. The lowest BCUT2D eigenvalue weighted by Gasteiger charge is -2.35. The predicted octanol–water partition coefficient (Wildman–Crippen LogP) is 1.88. The Morgan fingerprint density at radius 2 is 1.85 bits per heavy atom. The number of hydrogen-bond donors (Lipinski definition) is 0. The molecule has 0 spiro atoms. The topological polar surface area (TPSA) is 93.5 Å². The summed E-state index contributed by atoms with van der Waals surface area (Å²) < 4.78 is 6.77. The normalized spacial score (nSPS) is 15.9. The fraction of sp³-hybridized carbons (Fsp3) is 0.400. The van der Waals surface area contributed by atoms with Crippen molar-refractivity contribution in [1.29, 1.82) is 0 Å². The molecule has 1 aromatic carbocycles. The highest BCUT2D eigenvalue weighted by Gasteiger charge is 2.25. The molecule has 1 saturated heterocycles. The quantitative estimate of drug-likeness (QED) is 0.519. The minimum atomic E-state index is -0.220. The maximum Gasteiger partial charge on any atom is 0.338 e.